The van der Waals surface area contributed by atoms with Crippen LogP contribution in [-0.2, 0) is 4.79 Å². The molecular formula is C21H23FN2OS. The average Bonchev–Trinajstić information content (AvgIpc) is 3.24. The van der Waals surface area contributed by atoms with Crippen LogP contribution in [-0.4, -0.2) is 29.9 Å². The van der Waals surface area contributed by atoms with Crippen LogP contribution >= 0.6 is 11.8 Å². The molecule has 1 saturated carbocycles. The Morgan fingerprint density at radius 2 is 1.81 bits per heavy atom. The zero-order valence-electron chi connectivity index (χ0n) is 14.6. The second-order valence-electron chi connectivity index (χ2n) is 7.27. The van der Waals surface area contributed by atoms with E-state index in [4.69, 9.17) is 5.73 Å². The summed E-state index contributed by atoms with van der Waals surface area (Å²) in [5.41, 5.74) is 7.21. The Morgan fingerprint density at radius 3 is 2.50 bits per heavy atom. The Labute approximate surface area is 157 Å². The van der Waals surface area contributed by atoms with Gasteiger partial charge in [0.1, 0.15) is 11.1 Å². The van der Waals surface area contributed by atoms with Crippen molar-refractivity contribution in [3.63, 3.8) is 0 Å². The number of halogens is 1. The van der Waals surface area contributed by atoms with Gasteiger partial charge in [-0.05, 0) is 54.5 Å². The van der Waals surface area contributed by atoms with Crippen molar-refractivity contribution in [2.45, 2.75) is 29.0 Å². The molecule has 1 aliphatic carbocycles. The lowest BCUT2D eigenvalue weighted by molar-refractivity contribution is -0.130. The van der Waals surface area contributed by atoms with Crippen LogP contribution in [0.5, 0.6) is 0 Å². The third-order valence-electron chi connectivity index (χ3n) is 5.62. The van der Waals surface area contributed by atoms with Gasteiger partial charge >= 0.3 is 0 Å². The van der Waals surface area contributed by atoms with Crippen LogP contribution in [0.15, 0.2) is 59.5 Å². The van der Waals surface area contributed by atoms with E-state index in [-0.39, 0.29) is 23.0 Å². The number of carbonyl (C=O) groups is 1. The lowest BCUT2D eigenvalue weighted by atomic mass is 9.98. The lowest BCUT2D eigenvalue weighted by Gasteiger charge is -2.25. The molecule has 2 fully saturated rings. The summed E-state index contributed by atoms with van der Waals surface area (Å²) >= 11 is 1.49. The van der Waals surface area contributed by atoms with Gasteiger partial charge in [-0.1, -0.05) is 30.3 Å². The minimum Gasteiger partial charge on any atom is -0.341 e. The molecule has 0 bridgehead atoms. The Morgan fingerprint density at radius 1 is 1.08 bits per heavy atom. The maximum Gasteiger partial charge on any atom is 0.240 e. The van der Waals surface area contributed by atoms with E-state index in [0.717, 1.165) is 36.4 Å². The van der Waals surface area contributed by atoms with Crippen molar-refractivity contribution in [3.05, 3.63) is 66.0 Å². The van der Waals surface area contributed by atoms with Crippen molar-refractivity contribution in [3.8, 4) is 0 Å². The largest absolute Gasteiger partial charge is 0.341 e. The van der Waals surface area contributed by atoms with Gasteiger partial charge in [-0.25, -0.2) is 4.39 Å². The van der Waals surface area contributed by atoms with Crippen molar-refractivity contribution < 1.29 is 9.18 Å². The molecule has 2 N–H and O–H groups in total. The number of thioether (sulfide) groups is 1. The number of rotatable bonds is 4. The van der Waals surface area contributed by atoms with Gasteiger partial charge in [0.05, 0.1) is 0 Å². The summed E-state index contributed by atoms with van der Waals surface area (Å²) in [4.78, 5) is 16.2. The number of amides is 1. The number of likely N-dealkylation sites (tertiary alicyclic amines) is 1. The summed E-state index contributed by atoms with van der Waals surface area (Å²) in [7, 11) is 0. The normalized spacial score (nSPS) is 25.9. The van der Waals surface area contributed by atoms with Gasteiger partial charge in [0.25, 0.3) is 0 Å². The number of benzene rings is 2. The van der Waals surface area contributed by atoms with Gasteiger partial charge in [0.15, 0.2) is 0 Å². The van der Waals surface area contributed by atoms with E-state index in [0.29, 0.717) is 11.8 Å². The van der Waals surface area contributed by atoms with Gasteiger partial charge < -0.3 is 10.6 Å². The molecule has 5 heteroatoms. The van der Waals surface area contributed by atoms with Crippen molar-refractivity contribution in [1.82, 2.24) is 4.90 Å². The quantitative estimate of drug-likeness (QED) is 0.832. The molecule has 2 aromatic rings. The van der Waals surface area contributed by atoms with E-state index < -0.39 is 0 Å². The second kappa shape index (κ2) is 7.41. The van der Waals surface area contributed by atoms with E-state index in [2.05, 4.69) is 0 Å². The highest BCUT2D eigenvalue weighted by Crippen LogP contribution is 2.41. The molecule has 1 heterocycles. The Balaban J connectivity index is 1.56. The molecule has 4 unspecified atom stereocenters. The van der Waals surface area contributed by atoms with Crippen molar-refractivity contribution in [2.75, 3.05) is 13.1 Å². The third kappa shape index (κ3) is 3.51. The van der Waals surface area contributed by atoms with Crippen LogP contribution in [0.25, 0.3) is 0 Å². The highest BCUT2D eigenvalue weighted by atomic mass is 32.2. The van der Waals surface area contributed by atoms with Gasteiger partial charge in [0.2, 0.25) is 5.91 Å². The molecule has 1 aliphatic heterocycles. The minimum atomic E-state index is -0.322. The SMILES string of the molecule is NC1CCC2CN(C(=O)C(Sc3ccc(F)cc3)c3ccccc3)CC12. The van der Waals surface area contributed by atoms with E-state index >= 15 is 0 Å². The van der Waals surface area contributed by atoms with E-state index in [9.17, 15) is 9.18 Å². The molecule has 1 saturated heterocycles. The molecule has 136 valence electrons. The van der Waals surface area contributed by atoms with Crippen LogP contribution in [0.4, 0.5) is 4.39 Å². The first-order chi connectivity index (χ1) is 12.6. The molecule has 1 amide bonds. The number of nitrogens with zero attached hydrogens (tertiary/aromatic N) is 1. The van der Waals surface area contributed by atoms with Crippen LogP contribution in [0, 0.1) is 17.7 Å². The highest BCUT2D eigenvalue weighted by Gasteiger charge is 2.43. The summed E-state index contributed by atoms with van der Waals surface area (Å²) < 4.78 is 13.2. The molecule has 3 nitrogen and oxygen atoms in total. The average molecular weight is 370 g/mol. The predicted octanol–water partition coefficient (Wildman–Crippen LogP) is 3.85. The maximum absolute atomic E-state index is 13.3. The van der Waals surface area contributed by atoms with Crippen molar-refractivity contribution in [2.24, 2.45) is 17.6 Å². The zero-order chi connectivity index (χ0) is 18.1. The van der Waals surface area contributed by atoms with Crippen LogP contribution in [0.2, 0.25) is 0 Å². The van der Waals surface area contributed by atoms with E-state index in [1.165, 1.54) is 23.9 Å². The zero-order valence-corrected chi connectivity index (χ0v) is 15.4. The molecule has 0 radical (unpaired) electrons. The summed E-state index contributed by atoms with van der Waals surface area (Å²) in [5.74, 6) is 0.845. The molecule has 2 aromatic carbocycles. The van der Waals surface area contributed by atoms with Crippen molar-refractivity contribution >= 4 is 17.7 Å². The molecule has 26 heavy (non-hydrogen) atoms. The van der Waals surface area contributed by atoms with Crippen molar-refractivity contribution in [1.29, 1.82) is 0 Å². The fourth-order valence-corrected chi connectivity index (χ4v) is 5.30. The Kier molecular flexibility index (Phi) is 5.00. The smallest absolute Gasteiger partial charge is 0.240 e. The molecule has 0 spiro atoms. The van der Waals surface area contributed by atoms with Crippen LogP contribution < -0.4 is 5.73 Å². The third-order valence-corrected chi connectivity index (χ3v) is 6.87. The number of hydrogen-bond donors (Lipinski definition) is 1. The fraction of sp³-hybridized carbons (Fsp3) is 0.381. The molecule has 2 aliphatic rings. The lowest BCUT2D eigenvalue weighted by Crippen LogP contribution is -2.35. The van der Waals surface area contributed by atoms with Crippen LogP contribution in [0.1, 0.15) is 23.7 Å². The van der Waals surface area contributed by atoms with Gasteiger partial charge in [-0.2, -0.15) is 0 Å². The predicted molar refractivity (Wildman–Crippen MR) is 102 cm³/mol. The topological polar surface area (TPSA) is 46.3 Å². The first-order valence-electron chi connectivity index (χ1n) is 9.13. The van der Waals surface area contributed by atoms with Crippen LogP contribution in [0.3, 0.4) is 0 Å². The number of hydrogen-bond acceptors (Lipinski definition) is 3. The number of nitrogens with two attached hydrogens (primary N) is 1. The monoisotopic (exact) mass is 370 g/mol. The second-order valence-corrected chi connectivity index (χ2v) is 8.45. The van der Waals surface area contributed by atoms with Gasteiger partial charge in [0, 0.05) is 24.0 Å². The Bertz CT molecular complexity index is 767. The molecular weight excluding hydrogens is 347 g/mol. The maximum atomic E-state index is 13.3. The first-order valence-corrected chi connectivity index (χ1v) is 10.0. The fourth-order valence-electron chi connectivity index (χ4n) is 4.19. The number of fused-ring (bicyclic) bond motifs is 1. The standard InChI is InChI=1S/C21H23FN2OS/c22-16-7-9-17(10-8-16)26-20(14-4-2-1-3-5-14)21(25)24-12-15-6-11-19(23)18(15)13-24/h1-5,7-10,15,18-20H,6,11-13,23H2. The summed E-state index contributed by atoms with van der Waals surface area (Å²) in [6.07, 6.45) is 2.19. The summed E-state index contributed by atoms with van der Waals surface area (Å²) in [6, 6.07) is 16.4. The summed E-state index contributed by atoms with van der Waals surface area (Å²) in [6.45, 7) is 1.57. The van der Waals surface area contributed by atoms with Gasteiger partial charge in [-0.3, -0.25) is 4.79 Å². The number of carbonyl (C=O) groups excluding carboxylic acids is 1. The molecule has 0 aromatic heterocycles. The Hall–Kier alpha value is -1.85. The van der Waals surface area contributed by atoms with E-state index in [1.807, 2.05) is 35.2 Å². The molecule has 4 atom stereocenters. The first kappa shape index (κ1) is 17.6. The highest BCUT2D eigenvalue weighted by molar-refractivity contribution is 8.00. The van der Waals surface area contributed by atoms with Gasteiger partial charge in [-0.15, -0.1) is 11.8 Å². The summed E-state index contributed by atoms with van der Waals surface area (Å²) in [5, 5.41) is -0.322. The molecule has 4 rings (SSSR count). The minimum absolute atomic E-state index is 0.132. The van der Waals surface area contributed by atoms with E-state index in [1.54, 1.807) is 12.1 Å².